The molecule has 1 aliphatic heterocycles. The number of carbonyl (C=O) groups is 3. The number of amides is 1. The van der Waals surface area contributed by atoms with Crippen LogP contribution in [0, 0.1) is 17.8 Å². The Kier molecular flexibility index (Phi) is 6.92. The number of benzene rings is 1. The van der Waals surface area contributed by atoms with Crippen molar-refractivity contribution in [1.29, 1.82) is 0 Å². The second kappa shape index (κ2) is 9.41. The topological polar surface area (TPSA) is 98.1 Å². The van der Waals surface area contributed by atoms with Gasteiger partial charge in [-0.2, -0.15) is 0 Å². The molecule has 1 aromatic carbocycles. The summed E-state index contributed by atoms with van der Waals surface area (Å²) in [5.74, 6) is -1.05. The summed E-state index contributed by atoms with van der Waals surface area (Å²) in [6.45, 7) is 4.82. The van der Waals surface area contributed by atoms with Crippen molar-refractivity contribution in [2.45, 2.75) is 12.8 Å². The first-order valence-electron chi connectivity index (χ1n) is 9.75. The summed E-state index contributed by atoms with van der Waals surface area (Å²) in [6.07, 6.45) is 7.57. The lowest BCUT2D eigenvalue weighted by Crippen LogP contribution is -2.50. The van der Waals surface area contributed by atoms with Gasteiger partial charge in [0, 0.05) is 43.3 Å². The van der Waals surface area contributed by atoms with Gasteiger partial charge in [-0.1, -0.05) is 29.8 Å². The third-order valence-corrected chi connectivity index (χ3v) is 6.06. The third kappa shape index (κ3) is 5.58. The van der Waals surface area contributed by atoms with Crippen LogP contribution in [0.5, 0.6) is 0 Å². The molecule has 0 radical (unpaired) electrons. The van der Waals surface area contributed by atoms with Gasteiger partial charge >= 0.3 is 11.9 Å². The number of rotatable bonds is 3. The van der Waals surface area contributed by atoms with E-state index in [9.17, 15) is 4.79 Å². The van der Waals surface area contributed by atoms with Crippen LogP contribution in [0.25, 0.3) is 0 Å². The molecule has 2 aliphatic carbocycles. The van der Waals surface area contributed by atoms with Gasteiger partial charge in [0.05, 0.1) is 0 Å². The van der Waals surface area contributed by atoms with Crippen molar-refractivity contribution in [2.75, 3.05) is 32.7 Å². The summed E-state index contributed by atoms with van der Waals surface area (Å²) >= 11 is 5.99. The molecule has 3 unspecified atom stereocenters. The van der Waals surface area contributed by atoms with E-state index in [0.29, 0.717) is 10.6 Å². The standard InChI is InChI=1S/C19H23ClN2O.C2H2O4/c20-18-3-1-2-16(12-18)19(23)22-8-6-21(7-9-22)13-17-11-14-4-5-15(17)10-14;3-1(4)2(5)6/h1-5,12,14-15,17H,6-11,13H2;(H,3,4)(H,5,6). The minimum absolute atomic E-state index is 0.106. The molecule has 1 heterocycles. The van der Waals surface area contributed by atoms with Crippen LogP contribution in [0.15, 0.2) is 36.4 Å². The lowest BCUT2D eigenvalue weighted by Gasteiger charge is -2.37. The third-order valence-electron chi connectivity index (χ3n) is 5.82. The molecule has 3 aliphatic rings. The van der Waals surface area contributed by atoms with E-state index in [1.165, 1.54) is 19.4 Å². The van der Waals surface area contributed by atoms with Crippen molar-refractivity contribution in [2.24, 2.45) is 17.8 Å². The first-order chi connectivity index (χ1) is 13.8. The molecule has 1 saturated carbocycles. The van der Waals surface area contributed by atoms with Crippen LogP contribution >= 0.6 is 11.6 Å². The van der Waals surface area contributed by atoms with Crippen molar-refractivity contribution in [3.05, 3.63) is 47.0 Å². The SMILES string of the molecule is O=C(O)C(=O)O.O=C(c1cccc(Cl)c1)N1CCN(CC2CC3C=CC2C3)CC1. The quantitative estimate of drug-likeness (QED) is 0.575. The van der Waals surface area contributed by atoms with Crippen LogP contribution in [0.3, 0.4) is 0 Å². The molecule has 156 valence electrons. The van der Waals surface area contributed by atoms with E-state index in [4.69, 9.17) is 31.4 Å². The normalized spacial score (nSPS) is 25.4. The molecule has 1 saturated heterocycles. The molecule has 0 aromatic heterocycles. The maximum Gasteiger partial charge on any atom is 0.414 e. The number of allylic oxidation sites excluding steroid dienone is 2. The Labute approximate surface area is 174 Å². The smallest absolute Gasteiger partial charge is 0.414 e. The van der Waals surface area contributed by atoms with E-state index >= 15 is 0 Å². The van der Waals surface area contributed by atoms with Crippen LogP contribution in [-0.2, 0) is 9.59 Å². The maximum absolute atomic E-state index is 12.5. The molecule has 3 atom stereocenters. The van der Waals surface area contributed by atoms with Crippen molar-refractivity contribution in [1.82, 2.24) is 9.80 Å². The Morgan fingerprint density at radius 2 is 1.69 bits per heavy atom. The molecule has 7 nitrogen and oxygen atoms in total. The molecule has 29 heavy (non-hydrogen) atoms. The molecule has 8 heteroatoms. The number of fused-ring (bicyclic) bond motifs is 2. The summed E-state index contributed by atoms with van der Waals surface area (Å²) in [5, 5.41) is 15.4. The number of carboxylic acids is 2. The molecule has 4 rings (SSSR count). The number of halogens is 1. The summed E-state index contributed by atoms with van der Waals surface area (Å²) in [7, 11) is 0. The fraction of sp³-hybridized carbons (Fsp3) is 0.476. The monoisotopic (exact) mass is 420 g/mol. The Bertz CT molecular complexity index is 792. The Morgan fingerprint density at radius 3 is 2.21 bits per heavy atom. The molecule has 2 bridgehead atoms. The summed E-state index contributed by atoms with van der Waals surface area (Å²) in [6, 6.07) is 7.26. The molecule has 1 amide bonds. The maximum atomic E-state index is 12.5. The average molecular weight is 421 g/mol. The van der Waals surface area contributed by atoms with Gasteiger partial charge in [-0.25, -0.2) is 9.59 Å². The van der Waals surface area contributed by atoms with Crippen molar-refractivity contribution in [3.8, 4) is 0 Å². The van der Waals surface area contributed by atoms with Gasteiger partial charge in [0.1, 0.15) is 0 Å². The number of carboxylic acid groups (broad SMARTS) is 2. The molecular weight excluding hydrogens is 396 g/mol. The fourth-order valence-corrected chi connectivity index (χ4v) is 4.56. The zero-order valence-electron chi connectivity index (χ0n) is 16.0. The van der Waals surface area contributed by atoms with Crippen LogP contribution in [-0.4, -0.2) is 70.6 Å². The van der Waals surface area contributed by atoms with E-state index in [1.807, 2.05) is 17.0 Å². The van der Waals surface area contributed by atoms with E-state index in [1.54, 1.807) is 12.1 Å². The Balaban J connectivity index is 0.000000353. The van der Waals surface area contributed by atoms with Gasteiger partial charge < -0.3 is 15.1 Å². The van der Waals surface area contributed by atoms with Crippen LogP contribution < -0.4 is 0 Å². The first-order valence-corrected chi connectivity index (χ1v) is 10.1. The molecular formula is C21H25ClN2O5. The van der Waals surface area contributed by atoms with Gasteiger partial charge in [-0.05, 0) is 48.8 Å². The number of nitrogens with zero attached hydrogens (tertiary/aromatic N) is 2. The minimum Gasteiger partial charge on any atom is -0.473 e. The average Bonchev–Trinajstić information content (AvgIpc) is 3.31. The second-order valence-corrected chi connectivity index (χ2v) is 8.19. The Morgan fingerprint density at radius 1 is 1.00 bits per heavy atom. The highest BCUT2D eigenvalue weighted by Gasteiger charge is 2.36. The highest BCUT2D eigenvalue weighted by Crippen LogP contribution is 2.43. The zero-order chi connectivity index (χ0) is 21.0. The van der Waals surface area contributed by atoms with Crippen LogP contribution in [0.1, 0.15) is 23.2 Å². The number of hydrogen-bond donors (Lipinski definition) is 2. The van der Waals surface area contributed by atoms with Gasteiger partial charge in [0.2, 0.25) is 0 Å². The van der Waals surface area contributed by atoms with Gasteiger partial charge in [0.15, 0.2) is 0 Å². The predicted molar refractivity (Wildman–Crippen MR) is 108 cm³/mol. The molecule has 2 fully saturated rings. The number of hydrogen-bond acceptors (Lipinski definition) is 4. The first kappa shape index (κ1) is 21.3. The lowest BCUT2D eigenvalue weighted by molar-refractivity contribution is -0.159. The minimum atomic E-state index is -1.82. The van der Waals surface area contributed by atoms with Crippen LogP contribution in [0.2, 0.25) is 5.02 Å². The second-order valence-electron chi connectivity index (χ2n) is 7.75. The molecule has 0 spiro atoms. The zero-order valence-corrected chi connectivity index (χ0v) is 16.8. The number of aliphatic carboxylic acids is 2. The van der Waals surface area contributed by atoms with E-state index in [2.05, 4.69) is 17.1 Å². The highest BCUT2D eigenvalue weighted by atomic mass is 35.5. The molecule has 1 aromatic rings. The van der Waals surface area contributed by atoms with E-state index in [-0.39, 0.29) is 5.91 Å². The largest absolute Gasteiger partial charge is 0.473 e. The summed E-state index contributed by atoms with van der Waals surface area (Å²) in [4.78, 5) is 35.2. The number of carbonyl (C=O) groups excluding carboxylic acids is 1. The predicted octanol–water partition coefficient (Wildman–Crippen LogP) is 2.47. The Hall–Kier alpha value is -2.38. The van der Waals surface area contributed by atoms with Crippen molar-refractivity contribution in [3.63, 3.8) is 0 Å². The van der Waals surface area contributed by atoms with Gasteiger partial charge in [-0.3, -0.25) is 9.69 Å². The van der Waals surface area contributed by atoms with E-state index in [0.717, 1.165) is 43.9 Å². The van der Waals surface area contributed by atoms with Crippen molar-refractivity contribution >= 4 is 29.4 Å². The lowest BCUT2D eigenvalue weighted by atomic mass is 9.93. The fourth-order valence-electron chi connectivity index (χ4n) is 4.37. The van der Waals surface area contributed by atoms with Gasteiger partial charge in [-0.15, -0.1) is 0 Å². The van der Waals surface area contributed by atoms with Crippen molar-refractivity contribution < 1.29 is 24.6 Å². The summed E-state index contributed by atoms with van der Waals surface area (Å²) < 4.78 is 0. The highest BCUT2D eigenvalue weighted by molar-refractivity contribution is 6.31. The van der Waals surface area contributed by atoms with E-state index < -0.39 is 11.9 Å². The van der Waals surface area contributed by atoms with Crippen LogP contribution in [0.4, 0.5) is 0 Å². The molecule has 2 N–H and O–H groups in total. The number of piperazine rings is 1. The summed E-state index contributed by atoms with van der Waals surface area (Å²) in [5.41, 5.74) is 0.698. The van der Waals surface area contributed by atoms with Gasteiger partial charge in [0.25, 0.3) is 5.91 Å².